The number of fused-ring (bicyclic) bond motifs is 1. The summed E-state index contributed by atoms with van der Waals surface area (Å²) in [6.07, 6.45) is 5.66. The highest BCUT2D eigenvalue weighted by molar-refractivity contribution is 6.46. The van der Waals surface area contributed by atoms with Gasteiger partial charge in [0.15, 0.2) is 0 Å². The number of likely N-dealkylation sites (tertiary alicyclic amines) is 1. The standard InChI is InChI=1S/C29H26N2O5/c1-3-13-35-23-6-4-5-20(16-23)26-25(27(32)21-7-8-24-22(15-21)14-18(2)36-24)28(33)29(34)31(26)17-19-9-11-30-12-10-19/h3-12,15-16,18,26,32H,1,13-14,17H2,2H3/b27-25-. The second-order valence-electron chi connectivity index (χ2n) is 8.91. The van der Waals surface area contributed by atoms with Gasteiger partial charge in [-0.15, -0.1) is 0 Å². The first-order valence-electron chi connectivity index (χ1n) is 11.8. The van der Waals surface area contributed by atoms with Gasteiger partial charge >= 0.3 is 0 Å². The number of hydrogen-bond acceptors (Lipinski definition) is 6. The number of aliphatic hydroxyl groups is 1. The highest BCUT2D eigenvalue weighted by atomic mass is 16.5. The van der Waals surface area contributed by atoms with Crippen LogP contribution in [0, 0.1) is 0 Å². The van der Waals surface area contributed by atoms with Crippen LogP contribution >= 0.6 is 0 Å². The summed E-state index contributed by atoms with van der Waals surface area (Å²) in [6.45, 7) is 6.15. The Morgan fingerprint density at radius 3 is 2.78 bits per heavy atom. The third kappa shape index (κ3) is 4.35. The van der Waals surface area contributed by atoms with Crippen LogP contribution in [0.4, 0.5) is 0 Å². The van der Waals surface area contributed by atoms with E-state index in [1.54, 1.807) is 60.9 Å². The summed E-state index contributed by atoms with van der Waals surface area (Å²) in [5.41, 5.74) is 2.94. The van der Waals surface area contributed by atoms with Gasteiger partial charge in [-0.3, -0.25) is 14.6 Å². The van der Waals surface area contributed by atoms with Crippen LogP contribution < -0.4 is 9.47 Å². The molecular weight excluding hydrogens is 456 g/mol. The molecule has 2 aliphatic heterocycles. The van der Waals surface area contributed by atoms with Crippen molar-refractivity contribution >= 4 is 17.4 Å². The molecule has 5 rings (SSSR count). The highest BCUT2D eigenvalue weighted by Gasteiger charge is 2.46. The lowest BCUT2D eigenvalue weighted by molar-refractivity contribution is -0.140. The molecule has 7 nitrogen and oxygen atoms in total. The Labute approximate surface area is 209 Å². The van der Waals surface area contributed by atoms with Crippen molar-refractivity contribution in [3.8, 4) is 11.5 Å². The van der Waals surface area contributed by atoms with Crippen molar-refractivity contribution < 1.29 is 24.2 Å². The zero-order valence-electron chi connectivity index (χ0n) is 19.9. The van der Waals surface area contributed by atoms with E-state index >= 15 is 0 Å². The minimum Gasteiger partial charge on any atom is -0.507 e. The van der Waals surface area contributed by atoms with Gasteiger partial charge in [0.25, 0.3) is 11.7 Å². The summed E-state index contributed by atoms with van der Waals surface area (Å²) >= 11 is 0. The Bertz CT molecular complexity index is 1370. The number of nitrogens with zero attached hydrogens (tertiary/aromatic N) is 2. The lowest BCUT2D eigenvalue weighted by atomic mass is 9.94. The van der Waals surface area contributed by atoms with Crippen molar-refractivity contribution in [1.29, 1.82) is 0 Å². The second kappa shape index (κ2) is 9.70. The Morgan fingerprint density at radius 1 is 1.19 bits per heavy atom. The van der Waals surface area contributed by atoms with Crippen molar-refractivity contribution in [3.05, 3.63) is 107 Å². The molecule has 1 fully saturated rings. The summed E-state index contributed by atoms with van der Waals surface area (Å²) in [5.74, 6) is -0.273. The zero-order chi connectivity index (χ0) is 25.2. The molecule has 0 radical (unpaired) electrons. The van der Waals surface area contributed by atoms with Gasteiger partial charge in [0.2, 0.25) is 0 Å². The first-order chi connectivity index (χ1) is 17.5. The van der Waals surface area contributed by atoms with E-state index in [1.165, 1.54) is 4.90 Å². The van der Waals surface area contributed by atoms with Crippen molar-refractivity contribution in [2.75, 3.05) is 6.61 Å². The van der Waals surface area contributed by atoms with Crippen LogP contribution in [0.5, 0.6) is 11.5 Å². The van der Waals surface area contributed by atoms with Gasteiger partial charge in [-0.1, -0.05) is 24.8 Å². The fraction of sp³-hybridized carbons (Fsp3) is 0.207. The van der Waals surface area contributed by atoms with Crippen molar-refractivity contribution in [1.82, 2.24) is 9.88 Å². The first kappa shape index (κ1) is 23.4. The summed E-state index contributed by atoms with van der Waals surface area (Å²) in [5, 5.41) is 11.4. The maximum absolute atomic E-state index is 13.4. The smallest absolute Gasteiger partial charge is 0.295 e. The Hall–Kier alpha value is -4.39. The van der Waals surface area contributed by atoms with Crippen LogP contribution in [0.3, 0.4) is 0 Å². The number of benzene rings is 2. The lowest BCUT2D eigenvalue weighted by Gasteiger charge is -2.25. The molecule has 3 aromatic rings. The first-order valence-corrected chi connectivity index (χ1v) is 11.8. The number of Topliss-reactive ketones (excluding diaryl/α,β-unsaturated/α-hetero) is 1. The topological polar surface area (TPSA) is 89.0 Å². The molecule has 36 heavy (non-hydrogen) atoms. The maximum atomic E-state index is 13.4. The lowest BCUT2D eigenvalue weighted by Crippen LogP contribution is -2.29. The maximum Gasteiger partial charge on any atom is 0.295 e. The van der Waals surface area contributed by atoms with E-state index in [9.17, 15) is 14.7 Å². The van der Waals surface area contributed by atoms with E-state index in [0.717, 1.165) is 16.9 Å². The van der Waals surface area contributed by atoms with Gasteiger partial charge in [0.05, 0.1) is 11.6 Å². The molecule has 2 unspecified atom stereocenters. The molecule has 1 aromatic heterocycles. The summed E-state index contributed by atoms with van der Waals surface area (Å²) < 4.78 is 11.5. The van der Waals surface area contributed by atoms with Crippen LogP contribution in [0.25, 0.3) is 5.76 Å². The summed E-state index contributed by atoms with van der Waals surface area (Å²) in [4.78, 5) is 32.1. The average Bonchev–Trinajstić information content (AvgIpc) is 3.39. The number of carbonyl (C=O) groups is 2. The molecule has 3 heterocycles. The minimum absolute atomic E-state index is 0.0432. The van der Waals surface area contributed by atoms with E-state index in [0.29, 0.717) is 29.9 Å². The van der Waals surface area contributed by atoms with Crippen LogP contribution in [0.1, 0.15) is 35.2 Å². The number of amides is 1. The number of ether oxygens (including phenoxy) is 2. The second-order valence-corrected chi connectivity index (χ2v) is 8.91. The molecule has 1 amide bonds. The number of hydrogen-bond donors (Lipinski definition) is 1. The molecule has 182 valence electrons. The molecule has 0 aliphatic carbocycles. The van der Waals surface area contributed by atoms with Crippen LogP contribution in [0.15, 0.2) is 85.2 Å². The number of rotatable bonds is 7. The van der Waals surface area contributed by atoms with E-state index in [2.05, 4.69) is 11.6 Å². The van der Waals surface area contributed by atoms with E-state index in [-0.39, 0.29) is 24.0 Å². The molecule has 2 aromatic carbocycles. The van der Waals surface area contributed by atoms with Gasteiger partial charge in [0, 0.05) is 30.9 Å². The van der Waals surface area contributed by atoms with Gasteiger partial charge < -0.3 is 19.5 Å². The Morgan fingerprint density at radius 2 is 2.00 bits per heavy atom. The fourth-order valence-corrected chi connectivity index (χ4v) is 4.73. The highest BCUT2D eigenvalue weighted by Crippen LogP contribution is 2.42. The predicted molar refractivity (Wildman–Crippen MR) is 134 cm³/mol. The van der Waals surface area contributed by atoms with Crippen molar-refractivity contribution in [2.45, 2.75) is 32.0 Å². The monoisotopic (exact) mass is 482 g/mol. The van der Waals surface area contributed by atoms with Crippen LogP contribution in [-0.2, 0) is 22.6 Å². The van der Waals surface area contributed by atoms with E-state index in [4.69, 9.17) is 9.47 Å². The van der Waals surface area contributed by atoms with Crippen molar-refractivity contribution in [2.24, 2.45) is 0 Å². The third-order valence-electron chi connectivity index (χ3n) is 6.35. The van der Waals surface area contributed by atoms with Gasteiger partial charge in [-0.2, -0.15) is 0 Å². The normalized spacial score (nSPS) is 20.2. The van der Waals surface area contributed by atoms with Crippen LogP contribution in [-0.4, -0.2) is 39.4 Å². The third-order valence-corrected chi connectivity index (χ3v) is 6.35. The molecule has 2 atom stereocenters. The van der Waals surface area contributed by atoms with E-state index in [1.807, 2.05) is 19.1 Å². The number of ketones is 1. The molecule has 7 heteroatoms. The number of pyridine rings is 1. The molecular formula is C29H26N2O5. The predicted octanol–water partition coefficient (Wildman–Crippen LogP) is 4.59. The van der Waals surface area contributed by atoms with E-state index < -0.39 is 17.7 Å². The van der Waals surface area contributed by atoms with Gasteiger partial charge in [-0.25, -0.2) is 0 Å². The molecule has 0 bridgehead atoms. The quantitative estimate of drug-likeness (QED) is 0.229. The zero-order valence-corrected chi connectivity index (χ0v) is 19.9. The molecule has 1 saturated heterocycles. The average molecular weight is 483 g/mol. The molecule has 0 saturated carbocycles. The SMILES string of the molecule is C=CCOc1cccc(C2/C(=C(/O)c3ccc4c(c3)CC(C)O4)C(=O)C(=O)N2Cc2ccncc2)c1. The van der Waals surface area contributed by atoms with Gasteiger partial charge in [-0.05, 0) is 66.1 Å². The van der Waals surface area contributed by atoms with Crippen LogP contribution in [0.2, 0.25) is 0 Å². The summed E-state index contributed by atoms with van der Waals surface area (Å²) in [6, 6.07) is 15.3. The number of aromatic nitrogens is 1. The van der Waals surface area contributed by atoms with Gasteiger partial charge in [0.1, 0.15) is 30.0 Å². The molecule has 2 aliphatic rings. The Kier molecular flexibility index (Phi) is 6.29. The molecule has 1 N–H and O–H groups in total. The number of carbonyl (C=O) groups excluding carboxylic acids is 2. The van der Waals surface area contributed by atoms with Crippen molar-refractivity contribution in [3.63, 3.8) is 0 Å². The Balaban J connectivity index is 1.62. The summed E-state index contributed by atoms with van der Waals surface area (Å²) in [7, 11) is 0. The minimum atomic E-state index is -0.797. The molecule has 0 spiro atoms. The number of aliphatic hydroxyl groups excluding tert-OH is 1. The largest absolute Gasteiger partial charge is 0.507 e. The fourth-order valence-electron chi connectivity index (χ4n) is 4.73.